The molecule has 3 unspecified atom stereocenters. The number of H-pyrrole nitrogens is 1. The second-order valence-electron chi connectivity index (χ2n) is 12.2. The maximum Gasteiger partial charge on any atom is 0.417 e. The van der Waals surface area contributed by atoms with E-state index in [1.54, 1.807) is 0 Å². The van der Waals surface area contributed by atoms with Crippen LogP contribution in [0.5, 0.6) is 6.01 Å². The molecule has 0 saturated carbocycles. The van der Waals surface area contributed by atoms with Crippen molar-refractivity contribution >= 4 is 27.6 Å². The van der Waals surface area contributed by atoms with Crippen molar-refractivity contribution in [2.45, 2.75) is 62.1 Å². The number of benzene rings is 1. The summed E-state index contributed by atoms with van der Waals surface area (Å²) in [6.07, 6.45) is 0.896. The molecule has 0 aliphatic carbocycles. The van der Waals surface area contributed by atoms with Gasteiger partial charge < -0.3 is 15.0 Å². The predicted octanol–water partition coefficient (Wildman–Crippen LogP) is 4.62. The third-order valence-electron chi connectivity index (χ3n) is 9.56. The Morgan fingerprint density at radius 3 is 2.65 bits per heavy atom. The Balaban J connectivity index is 1.27. The first kappa shape index (κ1) is 26.9. The number of nitrogens with one attached hydrogen (secondary N) is 2. The normalized spacial score (nSPS) is 27.5. The van der Waals surface area contributed by atoms with E-state index in [1.165, 1.54) is 18.5 Å². The van der Waals surface area contributed by atoms with Crippen molar-refractivity contribution < 1.29 is 26.7 Å². The van der Waals surface area contributed by atoms with Gasteiger partial charge >= 0.3 is 12.2 Å². The van der Waals surface area contributed by atoms with Gasteiger partial charge in [0.15, 0.2) is 5.82 Å². The number of ether oxygens (including phenoxy) is 1. The molecule has 4 aromatic rings. The fraction of sp³-hybridized carbons (Fsp3) is 0.517. The molecule has 0 radical (unpaired) electrons. The number of anilines is 1. The van der Waals surface area contributed by atoms with Gasteiger partial charge in [-0.3, -0.25) is 15.0 Å². The Hall–Kier alpha value is -3.65. The van der Waals surface area contributed by atoms with E-state index in [-0.39, 0.29) is 41.0 Å². The van der Waals surface area contributed by atoms with E-state index in [0.717, 1.165) is 38.3 Å². The lowest BCUT2D eigenvalue weighted by Gasteiger charge is -2.34. The van der Waals surface area contributed by atoms with Crippen LogP contribution in [-0.2, 0) is 6.18 Å². The van der Waals surface area contributed by atoms with Crippen molar-refractivity contribution in [3.63, 3.8) is 0 Å². The molecule has 4 atom stereocenters. The Bertz CT molecular complexity index is 1720. The molecule has 4 saturated heterocycles. The van der Waals surface area contributed by atoms with Crippen molar-refractivity contribution in [2.75, 3.05) is 37.7 Å². The van der Waals surface area contributed by atoms with E-state index in [0.29, 0.717) is 37.4 Å². The number of fused-ring (bicyclic) bond motifs is 5. The molecule has 43 heavy (non-hydrogen) atoms. The third-order valence-corrected chi connectivity index (χ3v) is 9.56. The van der Waals surface area contributed by atoms with Gasteiger partial charge in [-0.1, -0.05) is 0 Å². The fourth-order valence-electron chi connectivity index (χ4n) is 7.63. The van der Waals surface area contributed by atoms with E-state index in [4.69, 9.17) is 9.72 Å². The van der Waals surface area contributed by atoms with E-state index >= 15 is 4.39 Å². The zero-order valence-electron chi connectivity index (χ0n) is 23.1. The van der Waals surface area contributed by atoms with Crippen molar-refractivity contribution in [1.82, 2.24) is 35.4 Å². The van der Waals surface area contributed by atoms with Crippen molar-refractivity contribution in [2.24, 2.45) is 0 Å². The highest BCUT2D eigenvalue weighted by Gasteiger charge is 2.49. The van der Waals surface area contributed by atoms with Gasteiger partial charge in [0.05, 0.1) is 28.2 Å². The maximum atomic E-state index is 16.6. The molecule has 4 aliphatic heterocycles. The van der Waals surface area contributed by atoms with Crippen LogP contribution in [0, 0.1) is 5.82 Å². The molecule has 9 nitrogen and oxygen atoms in total. The molecule has 8 rings (SSSR count). The Labute approximate surface area is 242 Å². The number of alkyl halides is 4. The molecule has 14 heteroatoms. The average Bonchev–Trinajstić information content (AvgIpc) is 3.74. The summed E-state index contributed by atoms with van der Waals surface area (Å²) in [6, 6.07) is 2.54. The predicted molar refractivity (Wildman–Crippen MR) is 148 cm³/mol. The standard InChI is InChI=1S/C29H29F5N8O/c30-15-8-28(6-1-7-42(28)11-15)14-43-27-38-24-19(26(39-27)41-12-16-2-3-17(13-41)37-16)9-35-25(23(24)31)22-18-10-36-40-21(18)5-4-20(22)29(32,33)34/h4-5,9-10,15-17,37H,1-3,6-8,11-14H2,(H,36,40)/t15-,16?,17?,28?/m1/s1. The summed E-state index contributed by atoms with van der Waals surface area (Å²) in [6.45, 7) is 2.51. The van der Waals surface area contributed by atoms with Gasteiger partial charge in [0, 0.05) is 55.3 Å². The van der Waals surface area contributed by atoms with Crippen LogP contribution in [-0.4, -0.2) is 86.6 Å². The number of hydrogen-bond donors (Lipinski definition) is 2. The number of halogens is 5. The van der Waals surface area contributed by atoms with Crippen LogP contribution in [0.4, 0.5) is 27.8 Å². The molecule has 0 amide bonds. The number of rotatable bonds is 5. The molecular weight excluding hydrogens is 571 g/mol. The first-order chi connectivity index (χ1) is 20.7. The first-order valence-electron chi connectivity index (χ1n) is 14.6. The highest BCUT2D eigenvalue weighted by molar-refractivity contribution is 5.99. The molecule has 1 aromatic carbocycles. The second kappa shape index (κ2) is 9.68. The topological polar surface area (TPSA) is 95.1 Å². The second-order valence-corrected chi connectivity index (χ2v) is 12.2. The lowest BCUT2D eigenvalue weighted by molar-refractivity contribution is -0.137. The smallest absolute Gasteiger partial charge is 0.417 e. The maximum absolute atomic E-state index is 16.6. The number of aromatic amines is 1. The molecule has 4 aliphatic rings. The minimum absolute atomic E-state index is 0.0902. The summed E-state index contributed by atoms with van der Waals surface area (Å²) in [5.74, 6) is -0.585. The number of piperazine rings is 1. The molecule has 2 N–H and O–H groups in total. The summed E-state index contributed by atoms with van der Waals surface area (Å²) in [5, 5.41) is 10.5. The lowest BCUT2D eigenvalue weighted by Crippen LogP contribution is -2.51. The van der Waals surface area contributed by atoms with Gasteiger partial charge in [-0.2, -0.15) is 28.2 Å². The van der Waals surface area contributed by atoms with E-state index in [9.17, 15) is 17.6 Å². The highest BCUT2D eigenvalue weighted by Crippen LogP contribution is 2.43. The Kier molecular flexibility index (Phi) is 6.06. The number of nitrogens with zero attached hydrogens (tertiary/aromatic N) is 6. The summed E-state index contributed by atoms with van der Waals surface area (Å²) in [4.78, 5) is 17.5. The van der Waals surface area contributed by atoms with Crippen LogP contribution in [0.1, 0.15) is 37.7 Å². The van der Waals surface area contributed by atoms with Crippen molar-refractivity contribution in [1.29, 1.82) is 0 Å². The lowest BCUT2D eigenvalue weighted by atomic mass is 9.95. The third kappa shape index (κ3) is 4.40. The van der Waals surface area contributed by atoms with Crippen LogP contribution >= 0.6 is 0 Å². The SMILES string of the molecule is Fc1c(-c2c(C(F)(F)F)ccc3[nH]ncc23)ncc2c(N3CC4CCC(C3)N4)nc(OCC34CCCN3C[C@H](F)C4)nc12. The zero-order chi connectivity index (χ0) is 29.5. The van der Waals surface area contributed by atoms with E-state index in [1.807, 2.05) is 4.90 Å². The van der Waals surface area contributed by atoms with Crippen LogP contribution in [0.2, 0.25) is 0 Å². The van der Waals surface area contributed by atoms with Gasteiger partial charge in [0.2, 0.25) is 0 Å². The minimum atomic E-state index is -4.77. The summed E-state index contributed by atoms with van der Waals surface area (Å²) in [5.41, 5.74) is -2.27. The molecule has 3 aromatic heterocycles. The summed E-state index contributed by atoms with van der Waals surface area (Å²) < 4.78 is 79.6. The Morgan fingerprint density at radius 1 is 1.05 bits per heavy atom. The van der Waals surface area contributed by atoms with Gasteiger partial charge in [0.25, 0.3) is 0 Å². The number of pyridine rings is 1. The first-order valence-corrected chi connectivity index (χ1v) is 14.6. The number of hydrogen-bond acceptors (Lipinski definition) is 8. The van der Waals surface area contributed by atoms with Crippen LogP contribution in [0.15, 0.2) is 24.5 Å². The van der Waals surface area contributed by atoms with Gasteiger partial charge in [0.1, 0.15) is 29.8 Å². The van der Waals surface area contributed by atoms with Crippen molar-refractivity contribution in [3.8, 4) is 17.3 Å². The molecule has 7 heterocycles. The van der Waals surface area contributed by atoms with Crippen LogP contribution < -0.4 is 15.0 Å². The largest absolute Gasteiger partial charge is 0.461 e. The monoisotopic (exact) mass is 600 g/mol. The molecule has 0 spiro atoms. The van der Waals surface area contributed by atoms with E-state index < -0.39 is 40.5 Å². The summed E-state index contributed by atoms with van der Waals surface area (Å²) >= 11 is 0. The van der Waals surface area contributed by atoms with Gasteiger partial charge in [-0.15, -0.1) is 0 Å². The van der Waals surface area contributed by atoms with Crippen LogP contribution in [0.3, 0.4) is 0 Å². The van der Waals surface area contributed by atoms with E-state index in [2.05, 4.69) is 30.4 Å². The molecule has 4 fully saturated rings. The van der Waals surface area contributed by atoms with Gasteiger partial charge in [-0.05, 0) is 44.4 Å². The zero-order valence-corrected chi connectivity index (χ0v) is 23.1. The molecule has 226 valence electrons. The molecule has 2 bridgehead atoms. The molecular formula is C29H29F5N8O. The Morgan fingerprint density at radius 2 is 1.86 bits per heavy atom. The van der Waals surface area contributed by atoms with Gasteiger partial charge in [-0.25, -0.2) is 8.78 Å². The van der Waals surface area contributed by atoms with Crippen LogP contribution in [0.25, 0.3) is 33.1 Å². The van der Waals surface area contributed by atoms with Crippen molar-refractivity contribution in [3.05, 3.63) is 35.9 Å². The number of aromatic nitrogens is 5. The fourth-order valence-corrected chi connectivity index (χ4v) is 7.63. The average molecular weight is 601 g/mol. The minimum Gasteiger partial charge on any atom is -0.461 e. The summed E-state index contributed by atoms with van der Waals surface area (Å²) in [7, 11) is 0. The quantitative estimate of drug-likeness (QED) is 0.321. The highest BCUT2D eigenvalue weighted by atomic mass is 19.4.